The van der Waals surface area contributed by atoms with Gasteiger partial charge in [0.25, 0.3) is 0 Å². The Kier molecular flexibility index (Phi) is 6.23. The number of hydrogen-bond donors (Lipinski definition) is 0. The summed E-state index contributed by atoms with van der Waals surface area (Å²) in [5, 5.41) is 0. The molecular formula is C3H4FLiO4S. The van der Waals surface area contributed by atoms with Crippen molar-refractivity contribution < 1.29 is 40.4 Å². The molecule has 7 heteroatoms. The zero-order chi connectivity index (χ0) is 7.49. The first kappa shape index (κ1) is 12.8. The van der Waals surface area contributed by atoms with Gasteiger partial charge in [-0.2, -0.15) is 0 Å². The third-order valence-electron chi connectivity index (χ3n) is 0.395. The molecule has 0 aromatic carbocycles. The summed E-state index contributed by atoms with van der Waals surface area (Å²) in [6.07, 6.45) is -1.69. The Bertz CT molecular complexity index is 189. The molecule has 0 amide bonds. The first-order valence-corrected chi connectivity index (χ1v) is 3.20. The van der Waals surface area contributed by atoms with Crippen LogP contribution in [0.2, 0.25) is 0 Å². The molecule has 0 aliphatic rings. The molecule has 0 rings (SSSR count). The smallest absolute Gasteiger partial charge is 0.725 e. The van der Waals surface area contributed by atoms with Crippen LogP contribution in [0.3, 0.4) is 0 Å². The van der Waals surface area contributed by atoms with Crippen LogP contribution >= 0.6 is 0 Å². The van der Waals surface area contributed by atoms with E-state index in [1.165, 1.54) is 0 Å². The van der Waals surface area contributed by atoms with Gasteiger partial charge in [0.15, 0.2) is 0 Å². The normalized spacial score (nSPS) is 13.4. The number of halogens is 1. The average molecular weight is 162 g/mol. The van der Waals surface area contributed by atoms with Crippen molar-refractivity contribution in [3.05, 3.63) is 12.7 Å². The van der Waals surface area contributed by atoms with Crippen molar-refractivity contribution >= 4 is 10.4 Å². The van der Waals surface area contributed by atoms with E-state index in [2.05, 4.69) is 10.8 Å². The third kappa shape index (κ3) is 8.14. The van der Waals surface area contributed by atoms with Crippen molar-refractivity contribution in [1.82, 2.24) is 0 Å². The molecule has 0 aromatic heterocycles. The van der Waals surface area contributed by atoms with Crippen molar-refractivity contribution in [2.75, 3.05) is 0 Å². The maximum absolute atomic E-state index is 11.7. The third-order valence-corrected chi connectivity index (χ3v) is 0.815. The zero-order valence-corrected chi connectivity index (χ0v) is 6.10. The topological polar surface area (TPSA) is 66.4 Å². The summed E-state index contributed by atoms with van der Waals surface area (Å²) in [4.78, 5) is 0. The van der Waals surface area contributed by atoms with Crippen LogP contribution in [0.5, 0.6) is 0 Å². The molecule has 10 heavy (non-hydrogen) atoms. The van der Waals surface area contributed by atoms with Gasteiger partial charge in [0, 0.05) is 0 Å². The van der Waals surface area contributed by atoms with Crippen LogP contribution in [0.25, 0.3) is 0 Å². The minimum atomic E-state index is -4.93. The van der Waals surface area contributed by atoms with Gasteiger partial charge in [0.05, 0.1) is 0 Å². The van der Waals surface area contributed by atoms with Crippen LogP contribution in [0, 0.1) is 0 Å². The number of hydrogen-bond acceptors (Lipinski definition) is 4. The van der Waals surface area contributed by atoms with Crippen LogP contribution in [-0.4, -0.2) is 19.3 Å². The van der Waals surface area contributed by atoms with Gasteiger partial charge >= 0.3 is 18.9 Å². The van der Waals surface area contributed by atoms with Gasteiger partial charge < -0.3 is 4.55 Å². The molecule has 0 saturated heterocycles. The Hall–Kier alpha value is 0.137. The van der Waals surface area contributed by atoms with E-state index in [9.17, 15) is 17.4 Å². The average Bonchev–Trinajstić information content (AvgIpc) is 1.62. The van der Waals surface area contributed by atoms with Crippen LogP contribution < -0.4 is 18.9 Å². The van der Waals surface area contributed by atoms with Gasteiger partial charge in [-0.3, -0.25) is 0 Å². The minimum absolute atomic E-state index is 0. The fourth-order valence-electron chi connectivity index (χ4n) is 0.152. The minimum Gasteiger partial charge on any atom is -0.725 e. The predicted molar refractivity (Wildman–Crippen MR) is 25.9 cm³/mol. The first-order chi connectivity index (χ1) is 3.95. The second kappa shape index (κ2) is 4.88. The summed E-state index contributed by atoms with van der Waals surface area (Å²) in [6, 6.07) is 0. The van der Waals surface area contributed by atoms with E-state index in [-0.39, 0.29) is 18.9 Å². The molecule has 0 bridgehead atoms. The number of rotatable bonds is 3. The zero-order valence-electron chi connectivity index (χ0n) is 5.28. The fraction of sp³-hybridized carbons (Fsp3) is 0.333. The monoisotopic (exact) mass is 162 g/mol. The van der Waals surface area contributed by atoms with Crippen molar-refractivity contribution in [1.29, 1.82) is 0 Å². The molecule has 0 aliphatic carbocycles. The molecule has 1 atom stereocenters. The largest absolute Gasteiger partial charge is 1.00 e. The summed E-state index contributed by atoms with van der Waals surface area (Å²) < 4.78 is 43.5. The van der Waals surface area contributed by atoms with Gasteiger partial charge in [-0.05, 0) is 6.08 Å². The van der Waals surface area contributed by atoms with Crippen molar-refractivity contribution in [3.63, 3.8) is 0 Å². The Balaban J connectivity index is 0. The van der Waals surface area contributed by atoms with Crippen LogP contribution in [0.1, 0.15) is 0 Å². The molecule has 0 N–H and O–H groups in total. The van der Waals surface area contributed by atoms with Crippen molar-refractivity contribution in [2.24, 2.45) is 0 Å². The van der Waals surface area contributed by atoms with E-state index in [0.29, 0.717) is 6.08 Å². The maximum Gasteiger partial charge on any atom is 1.00 e. The van der Waals surface area contributed by atoms with Crippen LogP contribution in [0.4, 0.5) is 4.39 Å². The van der Waals surface area contributed by atoms with Crippen molar-refractivity contribution in [2.45, 2.75) is 6.36 Å². The predicted octanol–water partition coefficient (Wildman–Crippen LogP) is -3.05. The fourth-order valence-corrected chi connectivity index (χ4v) is 0.456. The second-order valence-electron chi connectivity index (χ2n) is 1.09. The summed E-state index contributed by atoms with van der Waals surface area (Å²) in [7, 11) is -4.93. The molecule has 54 valence electrons. The molecule has 0 spiro atoms. The first-order valence-electron chi connectivity index (χ1n) is 1.86. The molecule has 1 unspecified atom stereocenters. The Morgan fingerprint density at radius 1 is 1.70 bits per heavy atom. The molecule has 0 saturated carbocycles. The Labute approximate surface area is 70.2 Å². The van der Waals surface area contributed by atoms with E-state index in [1.54, 1.807) is 0 Å². The van der Waals surface area contributed by atoms with Gasteiger partial charge in [-0.25, -0.2) is 17.0 Å². The summed E-state index contributed by atoms with van der Waals surface area (Å²) in [6.45, 7) is 2.84. The van der Waals surface area contributed by atoms with Crippen molar-refractivity contribution in [3.8, 4) is 0 Å². The van der Waals surface area contributed by atoms with E-state index in [1.807, 2.05) is 0 Å². The molecule has 0 heterocycles. The molecule has 4 nitrogen and oxygen atoms in total. The summed E-state index contributed by atoms with van der Waals surface area (Å²) in [5.41, 5.74) is 0. The van der Waals surface area contributed by atoms with E-state index < -0.39 is 16.8 Å². The van der Waals surface area contributed by atoms with Crippen LogP contribution in [0.15, 0.2) is 12.7 Å². The van der Waals surface area contributed by atoms with Gasteiger partial charge in [0.1, 0.15) is 0 Å². The van der Waals surface area contributed by atoms with Gasteiger partial charge in [-0.15, -0.1) is 0 Å². The van der Waals surface area contributed by atoms with E-state index in [4.69, 9.17) is 0 Å². The molecular weight excluding hydrogens is 158 g/mol. The van der Waals surface area contributed by atoms with E-state index >= 15 is 0 Å². The Morgan fingerprint density at radius 2 is 2.10 bits per heavy atom. The molecule has 0 fully saturated rings. The standard InChI is InChI=1S/C3H5FO4S.Li/c1-2-3(4)8-9(5,6)7;/h2-3H,1H2,(H,5,6,7);/q;+1/p-1. The summed E-state index contributed by atoms with van der Waals surface area (Å²) >= 11 is 0. The maximum atomic E-state index is 11.7. The van der Waals surface area contributed by atoms with Crippen LogP contribution in [-0.2, 0) is 14.6 Å². The second-order valence-corrected chi connectivity index (χ2v) is 2.10. The van der Waals surface area contributed by atoms with Gasteiger partial charge in [0.2, 0.25) is 16.8 Å². The SMILES string of the molecule is C=CC(F)OS(=O)(=O)[O-].[Li+]. The molecule has 0 radical (unpaired) electrons. The molecule has 0 aliphatic heterocycles. The summed E-state index contributed by atoms with van der Waals surface area (Å²) in [5.74, 6) is 0. The number of alkyl halides is 1. The quantitative estimate of drug-likeness (QED) is 0.191. The van der Waals surface area contributed by atoms with Gasteiger partial charge in [-0.1, -0.05) is 6.58 Å². The molecule has 0 aromatic rings. The van der Waals surface area contributed by atoms with E-state index in [0.717, 1.165) is 0 Å². The Morgan fingerprint density at radius 3 is 2.20 bits per heavy atom.